The number of carbonyl (C=O) groups excluding carboxylic acids is 1. The molecule has 100 valence electrons. The van der Waals surface area contributed by atoms with Crippen molar-refractivity contribution in [3.05, 3.63) is 35.6 Å². The molecule has 3 N–H and O–H groups in total. The Hall–Kier alpha value is -1.13. The molecule has 1 atom stereocenters. The number of hydrogen-bond donors (Lipinski definition) is 2. The molecule has 1 fully saturated rings. The summed E-state index contributed by atoms with van der Waals surface area (Å²) in [6.07, 6.45) is 2.54. The molecule has 0 aliphatic heterocycles. The standard InChI is InChI=1S/C13H17FN2O.ClH/c14-11-3-1-2-9(6-11)7-13(17)16-8-12(15)10-4-5-10;/h1-3,6,10,12H,4-5,7-8,15H2,(H,16,17);1H. The van der Waals surface area contributed by atoms with E-state index in [4.69, 9.17) is 5.73 Å². The van der Waals surface area contributed by atoms with Crippen LogP contribution in [-0.2, 0) is 11.2 Å². The first-order chi connectivity index (χ1) is 8.15. The van der Waals surface area contributed by atoms with Gasteiger partial charge in [-0.25, -0.2) is 4.39 Å². The summed E-state index contributed by atoms with van der Waals surface area (Å²) in [6, 6.07) is 6.15. The highest BCUT2D eigenvalue weighted by Crippen LogP contribution is 2.31. The van der Waals surface area contributed by atoms with Crippen molar-refractivity contribution >= 4 is 18.3 Å². The monoisotopic (exact) mass is 272 g/mol. The lowest BCUT2D eigenvalue weighted by Crippen LogP contribution is -2.39. The molecule has 1 saturated carbocycles. The van der Waals surface area contributed by atoms with Gasteiger partial charge in [-0.1, -0.05) is 12.1 Å². The molecule has 1 amide bonds. The summed E-state index contributed by atoms with van der Waals surface area (Å²) >= 11 is 0. The fraction of sp³-hybridized carbons (Fsp3) is 0.462. The van der Waals surface area contributed by atoms with E-state index in [2.05, 4.69) is 5.32 Å². The molecule has 0 saturated heterocycles. The highest BCUT2D eigenvalue weighted by molar-refractivity contribution is 5.85. The van der Waals surface area contributed by atoms with Crippen LogP contribution in [-0.4, -0.2) is 18.5 Å². The zero-order valence-electron chi connectivity index (χ0n) is 10.1. The van der Waals surface area contributed by atoms with Crippen molar-refractivity contribution in [2.45, 2.75) is 25.3 Å². The van der Waals surface area contributed by atoms with E-state index in [-0.39, 0.29) is 36.6 Å². The maximum Gasteiger partial charge on any atom is 0.224 e. The summed E-state index contributed by atoms with van der Waals surface area (Å²) in [4.78, 5) is 11.6. The normalized spacial score (nSPS) is 15.7. The summed E-state index contributed by atoms with van der Waals surface area (Å²) in [6.45, 7) is 0.513. The molecule has 5 heteroatoms. The number of hydrogen-bond acceptors (Lipinski definition) is 2. The van der Waals surface area contributed by atoms with Crippen LogP contribution in [0.15, 0.2) is 24.3 Å². The number of amides is 1. The Kier molecular flexibility index (Phi) is 5.56. The summed E-state index contributed by atoms with van der Waals surface area (Å²) in [5, 5.41) is 2.79. The van der Waals surface area contributed by atoms with Crippen molar-refractivity contribution in [1.29, 1.82) is 0 Å². The molecule has 0 spiro atoms. The van der Waals surface area contributed by atoms with Gasteiger partial charge in [-0.15, -0.1) is 12.4 Å². The van der Waals surface area contributed by atoms with Gasteiger partial charge in [0.2, 0.25) is 5.91 Å². The second-order valence-corrected chi connectivity index (χ2v) is 4.61. The maximum absolute atomic E-state index is 12.9. The Labute approximate surface area is 112 Å². The molecule has 3 nitrogen and oxygen atoms in total. The van der Waals surface area contributed by atoms with Gasteiger partial charge in [0, 0.05) is 12.6 Å². The minimum atomic E-state index is -0.315. The Balaban J connectivity index is 0.00000162. The van der Waals surface area contributed by atoms with Crippen LogP contribution >= 0.6 is 12.4 Å². The highest BCUT2D eigenvalue weighted by atomic mass is 35.5. The van der Waals surface area contributed by atoms with Gasteiger partial charge in [0.15, 0.2) is 0 Å². The molecule has 0 radical (unpaired) electrons. The van der Waals surface area contributed by atoms with Crippen molar-refractivity contribution in [2.24, 2.45) is 11.7 Å². The molecule has 1 aliphatic rings. The van der Waals surface area contributed by atoms with Crippen molar-refractivity contribution in [3.63, 3.8) is 0 Å². The summed E-state index contributed by atoms with van der Waals surface area (Å²) in [5.41, 5.74) is 6.55. The lowest BCUT2D eigenvalue weighted by atomic mass is 10.1. The third-order valence-corrected chi connectivity index (χ3v) is 3.02. The van der Waals surface area contributed by atoms with Crippen LogP contribution in [0.5, 0.6) is 0 Å². The van der Waals surface area contributed by atoms with E-state index in [0.29, 0.717) is 18.0 Å². The van der Waals surface area contributed by atoms with E-state index in [1.165, 1.54) is 25.0 Å². The van der Waals surface area contributed by atoms with Gasteiger partial charge in [0.05, 0.1) is 6.42 Å². The third-order valence-electron chi connectivity index (χ3n) is 3.02. The van der Waals surface area contributed by atoms with Gasteiger partial charge in [0.1, 0.15) is 5.82 Å². The molecular formula is C13H18ClFN2O. The van der Waals surface area contributed by atoms with Crippen molar-refractivity contribution < 1.29 is 9.18 Å². The number of halogens is 2. The van der Waals surface area contributed by atoms with Crippen LogP contribution in [0.25, 0.3) is 0 Å². The van der Waals surface area contributed by atoms with Crippen LogP contribution in [0.3, 0.4) is 0 Å². The minimum absolute atomic E-state index is 0. The molecule has 1 aliphatic carbocycles. The van der Waals surface area contributed by atoms with Crippen LogP contribution in [0.1, 0.15) is 18.4 Å². The number of nitrogens with one attached hydrogen (secondary N) is 1. The lowest BCUT2D eigenvalue weighted by Gasteiger charge is -2.11. The van der Waals surface area contributed by atoms with Crippen molar-refractivity contribution in [2.75, 3.05) is 6.54 Å². The molecular weight excluding hydrogens is 255 g/mol. The number of carbonyl (C=O) groups is 1. The molecule has 18 heavy (non-hydrogen) atoms. The Morgan fingerprint density at radius 3 is 2.83 bits per heavy atom. The lowest BCUT2D eigenvalue weighted by molar-refractivity contribution is -0.120. The largest absolute Gasteiger partial charge is 0.354 e. The molecule has 2 rings (SSSR count). The van der Waals surface area contributed by atoms with Crippen LogP contribution in [0.4, 0.5) is 4.39 Å². The van der Waals surface area contributed by atoms with E-state index < -0.39 is 0 Å². The van der Waals surface area contributed by atoms with Crippen molar-refractivity contribution in [1.82, 2.24) is 5.32 Å². The Bertz CT molecular complexity index is 410. The van der Waals surface area contributed by atoms with E-state index in [1.807, 2.05) is 0 Å². The van der Waals surface area contributed by atoms with Gasteiger partial charge in [-0.3, -0.25) is 4.79 Å². The van der Waals surface area contributed by atoms with Gasteiger partial charge in [-0.05, 0) is 36.5 Å². The quantitative estimate of drug-likeness (QED) is 0.856. The van der Waals surface area contributed by atoms with Gasteiger partial charge in [-0.2, -0.15) is 0 Å². The number of benzene rings is 1. The van der Waals surface area contributed by atoms with E-state index in [0.717, 1.165) is 0 Å². The van der Waals surface area contributed by atoms with Gasteiger partial charge >= 0.3 is 0 Å². The Morgan fingerprint density at radius 2 is 2.22 bits per heavy atom. The highest BCUT2D eigenvalue weighted by Gasteiger charge is 2.28. The first-order valence-corrected chi connectivity index (χ1v) is 5.92. The first-order valence-electron chi connectivity index (χ1n) is 5.92. The van der Waals surface area contributed by atoms with Crippen molar-refractivity contribution in [3.8, 4) is 0 Å². The maximum atomic E-state index is 12.9. The average molecular weight is 273 g/mol. The van der Waals surface area contributed by atoms with Gasteiger partial charge in [0.25, 0.3) is 0 Å². The molecule has 0 aromatic heterocycles. The second kappa shape index (κ2) is 6.71. The predicted octanol–water partition coefficient (Wildman–Crippen LogP) is 1.64. The van der Waals surface area contributed by atoms with E-state index in [9.17, 15) is 9.18 Å². The van der Waals surface area contributed by atoms with Gasteiger partial charge < -0.3 is 11.1 Å². The third kappa shape index (κ3) is 4.63. The number of nitrogens with two attached hydrogens (primary N) is 1. The topological polar surface area (TPSA) is 55.1 Å². The zero-order valence-corrected chi connectivity index (χ0v) is 10.9. The SMILES string of the molecule is Cl.NC(CNC(=O)Cc1cccc(F)c1)C1CC1. The smallest absolute Gasteiger partial charge is 0.224 e. The van der Waals surface area contributed by atoms with Crippen LogP contribution < -0.4 is 11.1 Å². The second-order valence-electron chi connectivity index (χ2n) is 4.61. The number of rotatable bonds is 5. The summed E-state index contributed by atoms with van der Waals surface area (Å²) < 4.78 is 12.9. The average Bonchev–Trinajstić information content (AvgIpc) is 3.09. The molecule has 0 bridgehead atoms. The van der Waals surface area contributed by atoms with E-state index in [1.54, 1.807) is 12.1 Å². The Morgan fingerprint density at radius 1 is 1.50 bits per heavy atom. The molecule has 1 aromatic rings. The van der Waals surface area contributed by atoms with E-state index >= 15 is 0 Å². The fourth-order valence-corrected chi connectivity index (χ4v) is 1.82. The molecule has 0 heterocycles. The predicted molar refractivity (Wildman–Crippen MR) is 71.1 cm³/mol. The minimum Gasteiger partial charge on any atom is -0.354 e. The summed E-state index contributed by atoms with van der Waals surface area (Å²) in [7, 11) is 0. The molecule has 1 unspecified atom stereocenters. The summed E-state index contributed by atoms with van der Waals surface area (Å²) in [5.74, 6) is 0.154. The van der Waals surface area contributed by atoms with Crippen LogP contribution in [0, 0.1) is 11.7 Å². The first kappa shape index (κ1) is 14.9. The molecule has 1 aromatic carbocycles. The zero-order chi connectivity index (χ0) is 12.3. The van der Waals surface area contributed by atoms with Crippen LogP contribution in [0.2, 0.25) is 0 Å². The fourth-order valence-electron chi connectivity index (χ4n) is 1.82.